The third kappa shape index (κ3) is 2.45. The number of carbonyl (C=O) groups is 1. The molecule has 5 heteroatoms. The second-order valence-electron chi connectivity index (χ2n) is 5.43. The van der Waals surface area contributed by atoms with Crippen LogP contribution in [0.5, 0.6) is 0 Å². The molecule has 1 aromatic carbocycles. The van der Waals surface area contributed by atoms with E-state index in [1.165, 1.54) is 0 Å². The lowest BCUT2D eigenvalue weighted by molar-refractivity contribution is -0.115. The maximum Gasteiger partial charge on any atom is 0.228 e. The van der Waals surface area contributed by atoms with Gasteiger partial charge in [-0.2, -0.15) is 0 Å². The van der Waals surface area contributed by atoms with Crippen LogP contribution in [0.25, 0.3) is 0 Å². The monoisotopic (exact) mass is 275 g/mol. The summed E-state index contributed by atoms with van der Waals surface area (Å²) in [5.74, 6) is 0.0478. The SMILES string of the molecule is CCOC1CCN(c2cc3c(cc2N)CC(=O)N3)CC1. The highest BCUT2D eigenvalue weighted by atomic mass is 16.5. The molecule has 0 bridgehead atoms. The highest BCUT2D eigenvalue weighted by Gasteiger charge is 2.24. The first-order chi connectivity index (χ1) is 9.67. The van der Waals surface area contributed by atoms with E-state index in [2.05, 4.69) is 10.2 Å². The number of anilines is 3. The Morgan fingerprint density at radius 3 is 2.85 bits per heavy atom. The van der Waals surface area contributed by atoms with E-state index in [0.717, 1.165) is 55.2 Å². The van der Waals surface area contributed by atoms with Gasteiger partial charge in [-0.25, -0.2) is 0 Å². The first-order valence-corrected chi connectivity index (χ1v) is 7.26. The first kappa shape index (κ1) is 13.2. The fourth-order valence-electron chi connectivity index (χ4n) is 3.06. The number of rotatable bonds is 3. The molecular weight excluding hydrogens is 254 g/mol. The van der Waals surface area contributed by atoms with Crippen molar-refractivity contribution in [3.63, 3.8) is 0 Å². The molecule has 1 saturated heterocycles. The summed E-state index contributed by atoms with van der Waals surface area (Å²) in [5, 5.41) is 2.89. The molecule has 0 radical (unpaired) electrons. The van der Waals surface area contributed by atoms with E-state index in [0.29, 0.717) is 12.5 Å². The van der Waals surface area contributed by atoms with Crippen molar-refractivity contribution in [1.82, 2.24) is 0 Å². The summed E-state index contributed by atoms with van der Waals surface area (Å²) < 4.78 is 5.67. The van der Waals surface area contributed by atoms with E-state index in [9.17, 15) is 4.79 Å². The average molecular weight is 275 g/mol. The Labute approximate surface area is 119 Å². The maximum atomic E-state index is 11.4. The topological polar surface area (TPSA) is 67.6 Å². The van der Waals surface area contributed by atoms with Gasteiger partial charge >= 0.3 is 0 Å². The van der Waals surface area contributed by atoms with Gasteiger partial charge in [0, 0.05) is 25.4 Å². The van der Waals surface area contributed by atoms with Gasteiger partial charge in [0.2, 0.25) is 5.91 Å². The highest BCUT2D eigenvalue weighted by molar-refractivity contribution is 6.00. The molecule has 3 N–H and O–H groups in total. The minimum absolute atomic E-state index is 0.0478. The number of amides is 1. The van der Waals surface area contributed by atoms with Crippen LogP contribution in [0.4, 0.5) is 17.1 Å². The van der Waals surface area contributed by atoms with E-state index in [1.807, 2.05) is 19.1 Å². The number of nitrogens with zero attached hydrogens (tertiary/aromatic N) is 1. The molecule has 1 amide bonds. The van der Waals surface area contributed by atoms with Crippen LogP contribution in [0.3, 0.4) is 0 Å². The Balaban J connectivity index is 1.75. The lowest BCUT2D eigenvalue weighted by Crippen LogP contribution is -2.37. The Bertz CT molecular complexity index is 522. The number of nitrogens with one attached hydrogen (secondary N) is 1. The minimum atomic E-state index is 0.0478. The molecule has 0 spiro atoms. The standard InChI is InChI=1S/C15H21N3O2/c1-2-20-11-3-5-18(6-4-11)14-9-13-10(7-12(14)16)8-15(19)17-13/h7,9,11H,2-6,8,16H2,1H3,(H,17,19). The van der Waals surface area contributed by atoms with Crippen LogP contribution in [0, 0.1) is 0 Å². The number of benzene rings is 1. The van der Waals surface area contributed by atoms with Gasteiger partial charge in [-0.3, -0.25) is 4.79 Å². The molecule has 2 aliphatic heterocycles. The molecule has 0 aromatic heterocycles. The molecule has 3 rings (SSSR count). The van der Waals surface area contributed by atoms with Crippen molar-refractivity contribution in [3.8, 4) is 0 Å². The number of hydrogen-bond acceptors (Lipinski definition) is 4. The summed E-state index contributed by atoms with van der Waals surface area (Å²) in [7, 11) is 0. The van der Waals surface area contributed by atoms with Crippen LogP contribution in [0.1, 0.15) is 25.3 Å². The third-order valence-corrected chi connectivity index (χ3v) is 4.06. The molecule has 0 unspecified atom stereocenters. The van der Waals surface area contributed by atoms with Crippen LogP contribution < -0.4 is 16.0 Å². The van der Waals surface area contributed by atoms with Crippen LogP contribution in [0.15, 0.2) is 12.1 Å². The molecule has 1 fully saturated rings. The lowest BCUT2D eigenvalue weighted by Gasteiger charge is -2.34. The quantitative estimate of drug-likeness (QED) is 0.825. The molecule has 5 nitrogen and oxygen atoms in total. The van der Waals surface area contributed by atoms with Gasteiger partial charge in [0.1, 0.15) is 0 Å². The Kier molecular flexibility index (Phi) is 3.53. The van der Waals surface area contributed by atoms with Crippen molar-refractivity contribution in [2.45, 2.75) is 32.3 Å². The fourth-order valence-corrected chi connectivity index (χ4v) is 3.06. The molecule has 108 valence electrons. The zero-order chi connectivity index (χ0) is 14.1. The summed E-state index contributed by atoms with van der Waals surface area (Å²) in [4.78, 5) is 13.7. The molecule has 0 saturated carbocycles. The van der Waals surface area contributed by atoms with Gasteiger partial charge in [-0.05, 0) is 37.5 Å². The Morgan fingerprint density at radius 1 is 1.40 bits per heavy atom. The molecule has 0 aliphatic carbocycles. The zero-order valence-corrected chi connectivity index (χ0v) is 11.8. The molecule has 2 heterocycles. The number of nitrogens with two attached hydrogens (primary N) is 1. The third-order valence-electron chi connectivity index (χ3n) is 4.06. The van der Waals surface area contributed by atoms with Crippen LogP contribution in [-0.4, -0.2) is 31.7 Å². The van der Waals surface area contributed by atoms with Gasteiger partial charge in [0.15, 0.2) is 0 Å². The summed E-state index contributed by atoms with van der Waals surface area (Å²) in [6.45, 7) is 4.70. The van der Waals surface area contributed by atoms with E-state index in [4.69, 9.17) is 10.5 Å². The number of ether oxygens (including phenoxy) is 1. The second-order valence-corrected chi connectivity index (χ2v) is 5.43. The van der Waals surface area contributed by atoms with Crippen molar-refractivity contribution < 1.29 is 9.53 Å². The summed E-state index contributed by atoms with van der Waals surface area (Å²) in [6, 6.07) is 3.94. The molecule has 20 heavy (non-hydrogen) atoms. The number of fused-ring (bicyclic) bond motifs is 1. The lowest BCUT2D eigenvalue weighted by atomic mass is 10.0. The number of carbonyl (C=O) groups excluding carboxylic acids is 1. The normalized spacial score (nSPS) is 19.1. The van der Waals surface area contributed by atoms with Crippen LogP contribution >= 0.6 is 0 Å². The summed E-state index contributed by atoms with van der Waals surface area (Å²) in [6.07, 6.45) is 2.85. The number of hydrogen-bond donors (Lipinski definition) is 2. The van der Waals surface area contributed by atoms with E-state index < -0.39 is 0 Å². The maximum absolute atomic E-state index is 11.4. The number of nitrogen functional groups attached to an aromatic ring is 1. The van der Waals surface area contributed by atoms with Gasteiger partial charge in [0.05, 0.1) is 23.9 Å². The first-order valence-electron chi connectivity index (χ1n) is 7.26. The van der Waals surface area contributed by atoms with E-state index in [1.54, 1.807) is 0 Å². The minimum Gasteiger partial charge on any atom is -0.397 e. The van der Waals surface area contributed by atoms with Crippen molar-refractivity contribution in [2.75, 3.05) is 35.6 Å². The smallest absolute Gasteiger partial charge is 0.228 e. The van der Waals surface area contributed by atoms with E-state index in [-0.39, 0.29) is 5.91 Å². The van der Waals surface area contributed by atoms with Crippen molar-refractivity contribution in [1.29, 1.82) is 0 Å². The highest BCUT2D eigenvalue weighted by Crippen LogP contribution is 2.35. The Hall–Kier alpha value is -1.75. The Morgan fingerprint density at radius 2 is 2.15 bits per heavy atom. The fraction of sp³-hybridized carbons (Fsp3) is 0.533. The predicted octanol–water partition coefficient (Wildman–Crippen LogP) is 1.77. The summed E-state index contributed by atoms with van der Waals surface area (Å²) >= 11 is 0. The predicted molar refractivity (Wildman–Crippen MR) is 80.0 cm³/mol. The van der Waals surface area contributed by atoms with Crippen molar-refractivity contribution >= 4 is 23.0 Å². The van der Waals surface area contributed by atoms with Gasteiger partial charge in [-0.1, -0.05) is 0 Å². The van der Waals surface area contributed by atoms with Crippen molar-refractivity contribution in [2.24, 2.45) is 0 Å². The average Bonchev–Trinajstić information content (AvgIpc) is 2.78. The number of piperidine rings is 1. The van der Waals surface area contributed by atoms with Crippen LogP contribution in [-0.2, 0) is 16.0 Å². The molecule has 1 aromatic rings. The molecule has 2 aliphatic rings. The van der Waals surface area contributed by atoms with Crippen LogP contribution in [0.2, 0.25) is 0 Å². The van der Waals surface area contributed by atoms with Crippen molar-refractivity contribution in [3.05, 3.63) is 17.7 Å². The summed E-state index contributed by atoms with van der Waals surface area (Å²) in [5.41, 5.74) is 9.85. The molecule has 0 atom stereocenters. The van der Waals surface area contributed by atoms with Gasteiger partial charge < -0.3 is 20.7 Å². The van der Waals surface area contributed by atoms with Gasteiger partial charge in [-0.15, -0.1) is 0 Å². The molecular formula is C15H21N3O2. The van der Waals surface area contributed by atoms with E-state index >= 15 is 0 Å². The second kappa shape index (κ2) is 5.32. The largest absolute Gasteiger partial charge is 0.397 e. The zero-order valence-electron chi connectivity index (χ0n) is 11.8. The van der Waals surface area contributed by atoms with Gasteiger partial charge in [0.25, 0.3) is 0 Å².